The molecular formula is C16H17N3O3. The van der Waals surface area contributed by atoms with Gasteiger partial charge in [-0.3, -0.25) is 4.79 Å². The van der Waals surface area contributed by atoms with Gasteiger partial charge in [-0.2, -0.15) is 5.11 Å². The zero-order valence-corrected chi connectivity index (χ0v) is 12.4. The molecule has 1 unspecified atom stereocenters. The maximum absolute atomic E-state index is 11.8. The third-order valence-electron chi connectivity index (χ3n) is 4.11. The lowest BCUT2D eigenvalue weighted by atomic mass is 9.84. The van der Waals surface area contributed by atoms with Crippen LogP contribution in [0.3, 0.4) is 0 Å². The van der Waals surface area contributed by atoms with Crippen molar-refractivity contribution in [1.29, 1.82) is 0 Å². The highest BCUT2D eigenvalue weighted by Crippen LogP contribution is 2.33. The van der Waals surface area contributed by atoms with E-state index in [0.717, 1.165) is 42.4 Å². The molecule has 0 saturated carbocycles. The quantitative estimate of drug-likeness (QED) is 0.803. The van der Waals surface area contributed by atoms with E-state index in [0.29, 0.717) is 6.42 Å². The van der Waals surface area contributed by atoms with Crippen molar-refractivity contribution in [2.75, 3.05) is 7.11 Å². The van der Waals surface area contributed by atoms with Gasteiger partial charge >= 0.3 is 5.97 Å². The first-order chi connectivity index (χ1) is 10.7. The zero-order valence-electron chi connectivity index (χ0n) is 12.4. The Hall–Kier alpha value is -2.37. The first-order valence-electron chi connectivity index (χ1n) is 7.39. The molecule has 22 heavy (non-hydrogen) atoms. The molecule has 1 amide bonds. The van der Waals surface area contributed by atoms with E-state index in [9.17, 15) is 9.59 Å². The van der Waals surface area contributed by atoms with Gasteiger partial charge in [-0.25, -0.2) is 9.78 Å². The van der Waals surface area contributed by atoms with E-state index in [1.165, 1.54) is 7.11 Å². The molecule has 3 rings (SSSR count). The summed E-state index contributed by atoms with van der Waals surface area (Å²) in [5, 5.41) is 7.95. The van der Waals surface area contributed by atoms with E-state index < -0.39 is 5.97 Å². The molecule has 0 fully saturated rings. The number of hydrogen-bond donors (Lipinski definition) is 0. The second-order valence-corrected chi connectivity index (χ2v) is 5.49. The van der Waals surface area contributed by atoms with Crippen molar-refractivity contribution in [3.05, 3.63) is 40.7 Å². The fourth-order valence-electron chi connectivity index (χ4n) is 3.00. The van der Waals surface area contributed by atoms with Gasteiger partial charge in [0.05, 0.1) is 13.2 Å². The minimum absolute atomic E-state index is 0.110. The van der Waals surface area contributed by atoms with E-state index in [2.05, 4.69) is 19.9 Å². The van der Waals surface area contributed by atoms with E-state index in [1.807, 2.05) is 6.07 Å². The minimum Gasteiger partial charge on any atom is -0.464 e. The number of pyridine rings is 1. The molecule has 2 aliphatic rings. The normalized spacial score (nSPS) is 20.8. The van der Waals surface area contributed by atoms with Gasteiger partial charge in [0.2, 0.25) is 0 Å². The van der Waals surface area contributed by atoms with Gasteiger partial charge in [-0.15, -0.1) is 5.11 Å². The summed E-state index contributed by atoms with van der Waals surface area (Å²) in [5.74, 6) is -0.643. The van der Waals surface area contributed by atoms with Gasteiger partial charge in [0, 0.05) is 18.2 Å². The lowest BCUT2D eigenvalue weighted by Gasteiger charge is -2.25. The van der Waals surface area contributed by atoms with Gasteiger partial charge in [0.25, 0.3) is 5.91 Å². The Labute approximate surface area is 128 Å². The van der Waals surface area contributed by atoms with E-state index in [-0.39, 0.29) is 17.6 Å². The van der Waals surface area contributed by atoms with Crippen LogP contribution >= 0.6 is 0 Å². The molecule has 0 saturated heterocycles. The molecule has 0 bridgehead atoms. The van der Waals surface area contributed by atoms with Crippen molar-refractivity contribution in [3.8, 4) is 0 Å². The molecule has 0 aromatic carbocycles. The fourth-order valence-corrected chi connectivity index (χ4v) is 3.00. The van der Waals surface area contributed by atoms with Gasteiger partial charge in [-0.05, 0) is 49.0 Å². The van der Waals surface area contributed by atoms with Gasteiger partial charge in [0.15, 0.2) is 0 Å². The van der Waals surface area contributed by atoms with E-state index in [1.54, 1.807) is 12.3 Å². The topological polar surface area (TPSA) is 81.0 Å². The Balaban J connectivity index is 1.84. The monoisotopic (exact) mass is 299 g/mol. The van der Waals surface area contributed by atoms with Crippen LogP contribution in [0.15, 0.2) is 39.7 Å². The third kappa shape index (κ3) is 2.81. The van der Waals surface area contributed by atoms with Crippen molar-refractivity contribution in [2.24, 2.45) is 10.2 Å². The van der Waals surface area contributed by atoms with Crippen molar-refractivity contribution >= 4 is 11.9 Å². The maximum atomic E-state index is 11.8. The summed E-state index contributed by atoms with van der Waals surface area (Å²) in [4.78, 5) is 27.4. The molecule has 6 heteroatoms. The molecule has 1 aliphatic carbocycles. The molecule has 1 atom stereocenters. The Morgan fingerprint density at radius 3 is 3.00 bits per heavy atom. The minimum atomic E-state index is -0.458. The lowest BCUT2D eigenvalue weighted by Crippen LogP contribution is -2.23. The Kier molecular flexibility index (Phi) is 4.09. The molecular weight excluding hydrogens is 282 g/mol. The number of carbonyl (C=O) groups is 2. The standard InChI is InChI=1S/C16H17N3O3/c1-22-16(21)14-9-10(6-7-17-14)8-13-11-4-2-3-5-12(11)15(20)19-18-13/h6-7,9,13H,2-5,8H2,1H3. The number of carbonyl (C=O) groups excluding carboxylic acids is 2. The van der Waals surface area contributed by atoms with Crippen molar-refractivity contribution in [1.82, 2.24) is 4.98 Å². The second-order valence-electron chi connectivity index (χ2n) is 5.49. The zero-order chi connectivity index (χ0) is 15.5. The second kappa shape index (κ2) is 6.17. The summed E-state index contributed by atoms with van der Waals surface area (Å²) in [6.45, 7) is 0. The van der Waals surface area contributed by atoms with Crippen LogP contribution in [0.5, 0.6) is 0 Å². The smallest absolute Gasteiger partial charge is 0.356 e. The SMILES string of the molecule is COC(=O)c1cc(CC2N=NC(=O)C3=C2CCCC3)ccn1. The van der Waals surface area contributed by atoms with Crippen LogP contribution in [0, 0.1) is 0 Å². The van der Waals surface area contributed by atoms with E-state index in [4.69, 9.17) is 0 Å². The molecule has 1 aromatic heterocycles. The molecule has 114 valence electrons. The van der Waals surface area contributed by atoms with Gasteiger partial charge in [-0.1, -0.05) is 0 Å². The Morgan fingerprint density at radius 1 is 1.36 bits per heavy atom. The highest BCUT2D eigenvalue weighted by atomic mass is 16.5. The van der Waals surface area contributed by atoms with Crippen LogP contribution in [0.4, 0.5) is 0 Å². The maximum Gasteiger partial charge on any atom is 0.356 e. The van der Waals surface area contributed by atoms with Gasteiger partial charge in [0.1, 0.15) is 5.69 Å². The number of nitrogens with zero attached hydrogens (tertiary/aromatic N) is 3. The highest BCUT2D eigenvalue weighted by Gasteiger charge is 2.29. The first-order valence-corrected chi connectivity index (χ1v) is 7.39. The fraction of sp³-hybridized carbons (Fsp3) is 0.438. The van der Waals surface area contributed by atoms with Crippen LogP contribution in [0.25, 0.3) is 0 Å². The lowest BCUT2D eigenvalue weighted by molar-refractivity contribution is -0.115. The largest absolute Gasteiger partial charge is 0.464 e. The molecule has 2 heterocycles. The third-order valence-corrected chi connectivity index (χ3v) is 4.11. The molecule has 0 spiro atoms. The van der Waals surface area contributed by atoms with E-state index >= 15 is 0 Å². The number of rotatable bonds is 3. The summed E-state index contributed by atoms with van der Waals surface area (Å²) >= 11 is 0. The number of amides is 1. The summed E-state index contributed by atoms with van der Waals surface area (Å²) < 4.78 is 4.68. The Bertz CT molecular complexity index is 679. The first kappa shape index (κ1) is 14.6. The average Bonchev–Trinajstić information content (AvgIpc) is 2.57. The summed E-state index contributed by atoms with van der Waals surface area (Å²) in [6, 6.07) is 3.45. The van der Waals surface area contributed by atoms with Crippen molar-refractivity contribution < 1.29 is 14.3 Å². The van der Waals surface area contributed by atoms with Crippen LogP contribution in [-0.2, 0) is 16.0 Å². The molecule has 1 aliphatic heterocycles. The molecule has 1 aromatic rings. The van der Waals surface area contributed by atoms with Crippen LogP contribution < -0.4 is 0 Å². The number of ether oxygens (including phenoxy) is 1. The molecule has 0 radical (unpaired) electrons. The van der Waals surface area contributed by atoms with Crippen molar-refractivity contribution in [2.45, 2.75) is 38.1 Å². The highest BCUT2D eigenvalue weighted by molar-refractivity contribution is 5.95. The summed E-state index contributed by atoms with van der Waals surface area (Å²) in [7, 11) is 1.33. The van der Waals surface area contributed by atoms with Crippen LogP contribution in [0.2, 0.25) is 0 Å². The number of azo groups is 1. The summed E-state index contributed by atoms with van der Waals surface area (Å²) in [5.41, 5.74) is 3.17. The number of methoxy groups -OCH3 is 1. The van der Waals surface area contributed by atoms with Crippen LogP contribution in [0.1, 0.15) is 41.7 Å². The van der Waals surface area contributed by atoms with Crippen LogP contribution in [-0.4, -0.2) is 30.0 Å². The number of esters is 1. The average molecular weight is 299 g/mol. The molecule has 0 N–H and O–H groups in total. The predicted octanol–water partition coefficient (Wildman–Crippen LogP) is 2.64. The predicted molar refractivity (Wildman–Crippen MR) is 78.4 cm³/mol. The summed E-state index contributed by atoms with van der Waals surface area (Å²) in [6.07, 6.45) is 6.02. The molecule has 6 nitrogen and oxygen atoms in total. The number of hydrogen-bond acceptors (Lipinski definition) is 5. The number of aromatic nitrogens is 1. The van der Waals surface area contributed by atoms with Gasteiger partial charge < -0.3 is 4.74 Å². The van der Waals surface area contributed by atoms with Crippen molar-refractivity contribution in [3.63, 3.8) is 0 Å². The Morgan fingerprint density at radius 2 is 2.18 bits per heavy atom.